The van der Waals surface area contributed by atoms with Gasteiger partial charge in [0.1, 0.15) is 0 Å². The minimum absolute atomic E-state index is 0.0260. The van der Waals surface area contributed by atoms with E-state index in [-0.39, 0.29) is 23.3 Å². The number of benzene rings is 1. The molecule has 0 radical (unpaired) electrons. The summed E-state index contributed by atoms with van der Waals surface area (Å²) in [6.45, 7) is 3.74. The van der Waals surface area contributed by atoms with E-state index >= 15 is 0 Å². The van der Waals surface area contributed by atoms with Gasteiger partial charge in [0.25, 0.3) is 5.91 Å². The van der Waals surface area contributed by atoms with Crippen LogP contribution in [-0.4, -0.2) is 31.0 Å². The number of amides is 1. The molecule has 0 aliphatic heterocycles. The predicted molar refractivity (Wildman–Crippen MR) is 60.2 cm³/mol. The van der Waals surface area contributed by atoms with Crippen molar-refractivity contribution in [1.29, 1.82) is 0 Å². The smallest absolute Gasteiger partial charge is 0.256 e. The Morgan fingerprint density at radius 2 is 2.06 bits per heavy atom. The molecule has 0 aromatic heterocycles. The van der Waals surface area contributed by atoms with Crippen LogP contribution in [0.15, 0.2) is 18.2 Å². The van der Waals surface area contributed by atoms with Crippen molar-refractivity contribution in [3.05, 3.63) is 29.6 Å². The molecule has 0 saturated heterocycles. The van der Waals surface area contributed by atoms with Crippen LogP contribution in [0, 0.1) is 5.82 Å². The number of hydrogen-bond acceptors (Lipinski definition) is 2. The summed E-state index contributed by atoms with van der Waals surface area (Å²) in [7, 11) is 3.02. The lowest BCUT2D eigenvalue weighted by Gasteiger charge is -2.21. The number of ether oxygens (including phenoxy) is 1. The van der Waals surface area contributed by atoms with Crippen LogP contribution in [0.5, 0.6) is 5.75 Å². The first-order valence-electron chi connectivity index (χ1n) is 5.08. The van der Waals surface area contributed by atoms with E-state index in [2.05, 4.69) is 0 Å². The quantitative estimate of drug-likeness (QED) is 0.790. The molecule has 1 aromatic carbocycles. The molecule has 3 nitrogen and oxygen atoms in total. The van der Waals surface area contributed by atoms with E-state index in [1.807, 2.05) is 13.8 Å². The molecule has 0 atom stereocenters. The monoisotopic (exact) mass is 225 g/mol. The summed E-state index contributed by atoms with van der Waals surface area (Å²) in [6, 6.07) is 4.57. The van der Waals surface area contributed by atoms with Gasteiger partial charge >= 0.3 is 0 Å². The normalized spacial score (nSPS) is 10.4. The fourth-order valence-electron chi connectivity index (χ4n) is 1.26. The van der Waals surface area contributed by atoms with Crippen LogP contribution in [0.3, 0.4) is 0 Å². The Kier molecular flexibility index (Phi) is 3.88. The van der Waals surface area contributed by atoms with Crippen molar-refractivity contribution in [3.63, 3.8) is 0 Å². The maximum Gasteiger partial charge on any atom is 0.256 e. The summed E-state index contributed by atoms with van der Waals surface area (Å²) >= 11 is 0. The summed E-state index contributed by atoms with van der Waals surface area (Å²) in [4.78, 5) is 13.4. The van der Waals surface area contributed by atoms with Gasteiger partial charge in [-0.25, -0.2) is 4.39 Å². The highest BCUT2D eigenvalue weighted by molar-refractivity contribution is 5.94. The molecule has 4 heteroatoms. The molecule has 1 amide bonds. The van der Waals surface area contributed by atoms with Gasteiger partial charge in [-0.15, -0.1) is 0 Å². The zero-order valence-electron chi connectivity index (χ0n) is 9.95. The molecule has 1 aromatic rings. The van der Waals surface area contributed by atoms with Crippen LogP contribution in [0.2, 0.25) is 0 Å². The summed E-state index contributed by atoms with van der Waals surface area (Å²) < 4.78 is 18.6. The number of hydrogen-bond donors (Lipinski definition) is 0. The second kappa shape index (κ2) is 4.96. The molecule has 0 unspecified atom stereocenters. The average molecular weight is 225 g/mol. The van der Waals surface area contributed by atoms with E-state index < -0.39 is 5.82 Å². The van der Waals surface area contributed by atoms with Crippen molar-refractivity contribution in [2.24, 2.45) is 0 Å². The van der Waals surface area contributed by atoms with Crippen molar-refractivity contribution in [2.75, 3.05) is 14.2 Å². The largest absolute Gasteiger partial charge is 0.494 e. The number of methoxy groups -OCH3 is 1. The Balaban J connectivity index is 3.09. The SMILES string of the molecule is COc1cccc(C(=O)N(C)C(C)C)c1F. The van der Waals surface area contributed by atoms with Crippen LogP contribution >= 0.6 is 0 Å². The van der Waals surface area contributed by atoms with Gasteiger partial charge in [0.05, 0.1) is 12.7 Å². The first kappa shape index (κ1) is 12.5. The molecular weight excluding hydrogens is 209 g/mol. The second-order valence-electron chi connectivity index (χ2n) is 3.83. The minimum atomic E-state index is -0.609. The van der Waals surface area contributed by atoms with E-state index in [0.29, 0.717) is 0 Å². The standard InChI is InChI=1S/C12H16FNO2/c1-8(2)14(3)12(15)9-6-5-7-10(16-4)11(9)13/h5-8H,1-4H3. The molecule has 0 bridgehead atoms. The van der Waals surface area contributed by atoms with E-state index in [1.54, 1.807) is 13.1 Å². The summed E-state index contributed by atoms with van der Waals surface area (Å²) in [5.74, 6) is -0.864. The molecule has 0 N–H and O–H groups in total. The lowest BCUT2D eigenvalue weighted by molar-refractivity contribution is 0.0749. The van der Waals surface area contributed by atoms with Crippen LogP contribution in [0.1, 0.15) is 24.2 Å². The highest BCUT2D eigenvalue weighted by Gasteiger charge is 2.20. The lowest BCUT2D eigenvalue weighted by atomic mass is 10.1. The van der Waals surface area contributed by atoms with Crippen molar-refractivity contribution in [3.8, 4) is 5.75 Å². The first-order chi connectivity index (χ1) is 7.49. The topological polar surface area (TPSA) is 29.5 Å². The number of nitrogens with zero attached hydrogens (tertiary/aromatic N) is 1. The molecule has 88 valence electrons. The van der Waals surface area contributed by atoms with Crippen LogP contribution < -0.4 is 4.74 Å². The van der Waals surface area contributed by atoms with E-state index in [1.165, 1.54) is 24.1 Å². The number of rotatable bonds is 3. The minimum Gasteiger partial charge on any atom is -0.494 e. The lowest BCUT2D eigenvalue weighted by Crippen LogP contribution is -2.33. The number of carbonyl (C=O) groups is 1. The summed E-state index contributed by atoms with van der Waals surface area (Å²) in [6.07, 6.45) is 0. The molecule has 0 spiro atoms. The highest BCUT2D eigenvalue weighted by atomic mass is 19.1. The van der Waals surface area contributed by atoms with Gasteiger partial charge in [0.15, 0.2) is 11.6 Å². The Morgan fingerprint density at radius 3 is 2.56 bits per heavy atom. The molecule has 0 aliphatic carbocycles. The summed E-state index contributed by atoms with van der Waals surface area (Å²) in [5, 5.41) is 0. The third-order valence-electron chi connectivity index (χ3n) is 2.51. The maximum atomic E-state index is 13.8. The fourth-order valence-corrected chi connectivity index (χ4v) is 1.26. The molecule has 16 heavy (non-hydrogen) atoms. The van der Waals surface area contributed by atoms with E-state index in [9.17, 15) is 9.18 Å². The van der Waals surface area contributed by atoms with Crippen LogP contribution in [0.4, 0.5) is 4.39 Å². The van der Waals surface area contributed by atoms with Gasteiger partial charge in [-0.1, -0.05) is 6.07 Å². The van der Waals surface area contributed by atoms with Crippen molar-refractivity contribution < 1.29 is 13.9 Å². The number of carbonyl (C=O) groups excluding carboxylic acids is 1. The maximum absolute atomic E-state index is 13.8. The second-order valence-corrected chi connectivity index (χ2v) is 3.83. The first-order valence-corrected chi connectivity index (χ1v) is 5.08. The van der Waals surface area contributed by atoms with Crippen LogP contribution in [-0.2, 0) is 0 Å². The Morgan fingerprint density at radius 1 is 1.44 bits per heavy atom. The molecule has 0 fully saturated rings. The van der Waals surface area contributed by atoms with Crippen molar-refractivity contribution >= 4 is 5.91 Å². The molecule has 1 rings (SSSR count). The van der Waals surface area contributed by atoms with Crippen molar-refractivity contribution in [2.45, 2.75) is 19.9 Å². The Labute approximate surface area is 94.8 Å². The fraction of sp³-hybridized carbons (Fsp3) is 0.417. The Bertz CT molecular complexity index is 391. The zero-order chi connectivity index (χ0) is 12.3. The van der Waals surface area contributed by atoms with Gasteiger partial charge in [-0.3, -0.25) is 4.79 Å². The third kappa shape index (κ3) is 2.32. The van der Waals surface area contributed by atoms with Crippen LogP contribution in [0.25, 0.3) is 0 Å². The zero-order valence-corrected chi connectivity index (χ0v) is 9.95. The van der Waals surface area contributed by atoms with Gasteiger partial charge in [0, 0.05) is 13.1 Å². The molecule has 0 heterocycles. The van der Waals surface area contributed by atoms with Gasteiger partial charge in [-0.05, 0) is 26.0 Å². The third-order valence-corrected chi connectivity index (χ3v) is 2.51. The van der Waals surface area contributed by atoms with Gasteiger partial charge in [-0.2, -0.15) is 0 Å². The molecule has 0 aliphatic rings. The van der Waals surface area contributed by atoms with E-state index in [4.69, 9.17) is 4.74 Å². The van der Waals surface area contributed by atoms with E-state index in [0.717, 1.165) is 0 Å². The van der Waals surface area contributed by atoms with Crippen molar-refractivity contribution in [1.82, 2.24) is 4.90 Å². The molecule has 0 saturated carbocycles. The average Bonchev–Trinajstić information content (AvgIpc) is 2.27. The Hall–Kier alpha value is -1.58. The highest BCUT2D eigenvalue weighted by Crippen LogP contribution is 2.21. The van der Waals surface area contributed by atoms with Gasteiger partial charge < -0.3 is 9.64 Å². The predicted octanol–water partition coefficient (Wildman–Crippen LogP) is 2.31. The van der Waals surface area contributed by atoms with Gasteiger partial charge in [0.2, 0.25) is 0 Å². The molecular formula is C12H16FNO2. The summed E-state index contributed by atoms with van der Waals surface area (Å²) in [5.41, 5.74) is 0.0375. The number of halogens is 1.